The van der Waals surface area contributed by atoms with Crippen molar-refractivity contribution in [2.24, 2.45) is 5.92 Å². The number of nitrogens with one attached hydrogen (secondary N) is 2. The number of hydrogen-bond donors (Lipinski definition) is 2. The zero-order valence-corrected chi connectivity index (χ0v) is 9.78. The second-order valence-corrected chi connectivity index (χ2v) is 4.75. The maximum atomic E-state index is 11.8. The van der Waals surface area contributed by atoms with Gasteiger partial charge < -0.3 is 10.3 Å². The minimum absolute atomic E-state index is 0.0113. The van der Waals surface area contributed by atoms with E-state index in [0.717, 1.165) is 43.0 Å². The number of aromatic nitrogens is 2. The van der Waals surface area contributed by atoms with Gasteiger partial charge in [-0.15, -0.1) is 0 Å². The largest absolute Gasteiger partial charge is 0.326 e. The van der Waals surface area contributed by atoms with Crippen LogP contribution in [0.5, 0.6) is 0 Å². The van der Waals surface area contributed by atoms with Crippen LogP contribution in [0.25, 0.3) is 11.0 Å². The maximum absolute atomic E-state index is 11.8. The summed E-state index contributed by atoms with van der Waals surface area (Å²) in [6, 6.07) is 7.87. The van der Waals surface area contributed by atoms with Crippen LogP contribution in [0, 0.1) is 5.92 Å². The first-order valence-electron chi connectivity index (χ1n) is 6.23. The maximum Gasteiger partial charge on any atom is 0.326 e. The van der Waals surface area contributed by atoms with E-state index in [0.29, 0.717) is 0 Å². The Balaban J connectivity index is 1.84. The van der Waals surface area contributed by atoms with E-state index < -0.39 is 0 Å². The molecule has 0 amide bonds. The molecule has 1 atom stereocenters. The molecule has 0 saturated carbocycles. The lowest BCUT2D eigenvalue weighted by atomic mass is 10.1. The molecule has 4 nitrogen and oxygen atoms in total. The smallest absolute Gasteiger partial charge is 0.316 e. The van der Waals surface area contributed by atoms with Gasteiger partial charge in [0.25, 0.3) is 0 Å². The number of nitrogens with zero attached hydrogens (tertiary/aromatic N) is 1. The molecule has 2 heterocycles. The van der Waals surface area contributed by atoms with Crippen molar-refractivity contribution in [1.29, 1.82) is 0 Å². The second kappa shape index (κ2) is 4.37. The number of H-pyrrole nitrogens is 1. The van der Waals surface area contributed by atoms with Gasteiger partial charge >= 0.3 is 5.69 Å². The number of aryl methyl sites for hydroxylation is 1. The predicted octanol–water partition coefficient (Wildman–Crippen LogP) is 1.33. The molecule has 1 aliphatic heterocycles. The van der Waals surface area contributed by atoms with Crippen LogP contribution in [0.3, 0.4) is 0 Å². The molecule has 17 heavy (non-hydrogen) atoms. The third-order valence-corrected chi connectivity index (χ3v) is 3.60. The minimum atomic E-state index is 0.0113. The van der Waals surface area contributed by atoms with Crippen LogP contribution in [0.15, 0.2) is 29.1 Å². The highest BCUT2D eigenvalue weighted by molar-refractivity contribution is 5.74. The molecule has 1 aliphatic rings. The lowest BCUT2D eigenvalue weighted by Crippen LogP contribution is -2.19. The van der Waals surface area contributed by atoms with Crippen LogP contribution in [-0.2, 0) is 6.54 Å². The van der Waals surface area contributed by atoms with Gasteiger partial charge in [0.2, 0.25) is 0 Å². The van der Waals surface area contributed by atoms with Crippen molar-refractivity contribution in [1.82, 2.24) is 14.9 Å². The Morgan fingerprint density at radius 1 is 1.35 bits per heavy atom. The molecule has 1 fully saturated rings. The van der Waals surface area contributed by atoms with Crippen molar-refractivity contribution < 1.29 is 0 Å². The molecular formula is C13H17N3O. The first-order valence-corrected chi connectivity index (χ1v) is 6.23. The van der Waals surface area contributed by atoms with Crippen molar-refractivity contribution in [2.45, 2.75) is 19.4 Å². The molecule has 0 bridgehead atoms. The van der Waals surface area contributed by atoms with E-state index in [1.807, 2.05) is 28.8 Å². The summed E-state index contributed by atoms with van der Waals surface area (Å²) in [7, 11) is 0. The minimum Gasteiger partial charge on any atom is -0.316 e. The Bertz CT molecular complexity index is 563. The Morgan fingerprint density at radius 2 is 2.24 bits per heavy atom. The Morgan fingerprint density at radius 3 is 3.06 bits per heavy atom. The van der Waals surface area contributed by atoms with Crippen molar-refractivity contribution in [3.63, 3.8) is 0 Å². The van der Waals surface area contributed by atoms with Crippen LogP contribution in [-0.4, -0.2) is 22.6 Å². The summed E-state index contributed by atoms with van der Waals surface area (Å²) in [5.41, 5.74) is 1.96. The van der Waals surface area contributed by atoms with E-state index in [-0.39, 0.29) is 5.69 Å². The fourth-order valence-electron chi connectivity index (χ4n) is 2.60. The molecule has 3 rings (SSSR count). The first kappa shape index (κ1) is 10.6. The summed E-state index contributed by atoms with van der Waals surface area (Å²) in [6.45, 7) is 3.03. The molecule has 1 unspecified atom stereocenters. The molecule has 1 aromatic carbocycles. The van der Waals surface area contributed by atoms with E-state index in [2.05, 4.69) is 10.3 Å². The van der Waals surface area contributed by atoms with Crippen molar-refractivity contribution in [3.8, 4) is 0 Å². The van der Waals surface area contributed by atoms with E-state index in [1.165, 1.54) is 6.42 Å². The highest BCUT2D eigenvalue weighted by Gasteiger charge is 2.15. The average Bonchev–Trinajstić information content (AvgIpc) is 2.93. The number of para-hydroxylation sites is 2. The molecule has 4 heteroatoms. The van der Waals surface area contributed by atoms with Gasteiger partial charge in [-0.1, -0.05) is 12.1 Å². The van der Waals surface area contributed by atoms with Gasteiger partial charge in [-0.25, -0.2) is 4.79 Å². The van der Waals surface area contributed by atoms with Crippen LogP contribution in [0.1, 0.15) is 12.8 Å². The number of aromatic amines is 1. The van der Waals surface area contributed by atoms with Crippen LogP contribution < -0.4 is 11.0 Å². The zero-order valence-electron chi connectivity index (χ0n) is 9.78. The third-order valence-electron chi connectivity index (χ3n) is 3.60. The quantitative estimate of drug-likeness (QED) is 0.837. The van der Waals surface area contributed by atoms with Crippen LogP contribution in [0.2, 0.25) is 0 Å². The monoisotopic (exact) mass is 231 g/mol. The highest BCUT2D eigenvalue weighted by Crippen LogP contribution is 2.15. The summed E-state index contributed by atoms with van der Waals surface area (Å²) in [4.78, 5) is 14.7. The van der Waals surface area contributed by atoms with Crippen molar-refractivity contribution in [3.05, 3.63) is 34.7 Å². The number of benzene rings is 1. The predicted molar refractivity (Wildman–Crippen MR) is 68.2 cm³/mol. The molecule has 0 aliphatic carbocycles. The standard InChI is InChI=1S/C13H17N3O/c17-13-15-11-3-1-2-4-12(11)16(13)8-6-10-5-7-14-9-10/h1-4,10,14H,5-9H2,(H,15,17). The lowest BCUT2D eigenvalue weighted by molar-refractivity contribution is 0.480. The van der Waals surface area contributed by atoms with E-state index >= 15 is 0 Å². The molecule has 2 aromatic rings. The molecule has 90 valence electrons. The van der Waals surface area contributed by atoms with Crippen LogP contribution in [0.4, 0.5) is 0 Å². The molecule has 0 spiro atoms. The normalized spacial score (nSPS) is 20.1. The molecule has 1 aromatic heterocycles. The molecule has 2 N–H and O–H groups in total. The topological polar surface area (TPSA) is 49.8 Å². The fraction of sp³-hybridized carbons (Fsp3) is 0.462. The van der Waals surface area contributed by atoms with Gasteiger partial charge in [-0.05, 0) is 44.0 Å². The highest BCUT2D eigenvalue weighted by atomic mass is 16.1. The summed E-state index contributed by atoms with van der Waals surface area (Å²) < 4.78 is 1.85. The van der Waals surface area contributed by atoms with Gasteiger partial charge in [0.1, 0.15) is 0 Å². The SMILES string of the molecule is O=c1[nH]c2ccccc2n1CCC1CCNC1. The van der Waals surface area contributed by atoms with Crippen molar-refractivity contribution >= 4 is 11.0 Å². The number of rotatable bonds is 3. The first-order chi connectivity index (χ1) is 8.34. The number of imidazole rings is 1. The average molecular weight is 231 g/mol. The molecule has 1 saturated heterocycles. The van der Waals surface area contributed by atoms with Gasteiger partial charge in [0.05, 0.1) is 11.0 Å². The lowest BCUT2D eigenvalue weighted by Gasteiger charge is -2.08. The number of fused-ring (bicyclic) bond motifs is 1. The van der Waals surface area contributed by atoms with Crippen LogP contribution >= 0.6 is 0 Å². The van der Waals surface area contributed by atoms with E-state index in [9.17, 15) is 4.79 Å². The van der Waals surface area contributed by atoms with Gasteiger partial charge in [-0.3, -0.25) is 4.57 Å². The molecular weight excluding hydrogens is 214 g/mol. The van der Waals surface area contributed by atoms with E-state index in [4.69, 9.17) is 0 Å². The Kier molecular flexibility index (Phi) is 2.73. The second-order valence-electron chi connectivity index (χ2n) is 4.75. The molecule has 0 radical (unpaired) electrons. The Labute approximate surface area is 99.6 Å². The van der Waals surface area contributed by atoms with E-state index in [1.54, 1.807) is 0 Å². The summed E-state index contributed by atoms with van der Waals surface area (Å²) in [6.07, 6.45) is 2.31. The summed E-state index contributed by atoms with van der Waals surface area (Å²) >= 11 is 0. The third kappa shape index (κ3) is 2.00. The van der Waals surface area contributed by atoms with Gasteiger partial charge in [0.15, 0.2) is 0 Å². The van der Waals surface area contributed by atoms with Crippen molar-refractivity contribution in [2.75, 3.05) is 13.1 Å². The van der Waals surface area contributed by atoms with Gasteiger partial charge in [0, 0.05) is 6.54 Å². The van der Waals surface area contributed by atoms with Gasteiger partial charge in [-0.2, -0.15) is 0 Å². The summed E-state index contributed by atoms with van der Waals surface area (Å²) in [5.74, 6) is 0.718. The zero-order chi connectivity index (χ0) is 11.7. The summed E-state index contributed by atoms with van der Waals surface area (Å²) in [5, 5.41) is 3.36. The number of hydrogen-bond acceptors (Lipinski definition) is 2. The Hall–Kier alpha value is -1.55. The fourth-order valence-corrected chi connectivity index (χ4v) is 2.60.